The molecule has 7 nitrogen and oxygen atoms in total. The van der Waals surface area contributed by atoms with Crippen LogP contribution in [0.25, 0.3) is 0 Å². The molecule has 4 heterocycles. The number of pyridine rings is 1. The lowest BCUT2D eigenvalue weighted by atomic mass is 10.0. The Bertz CT molecular complexity index is 910. The highest BCUT2D eigenvalue weighted by molar-refractivity contribution is 5.96. The average Bonchev–Trinajstić information content (AvgIpc) is 3.11. The van der Waals surface area contributed by atoms with Gasteiger partial charge in [0.25, 0.3) is 5.91 Å². The molecule has 10 heteroatoms. The van der Waals surface area contributed by atoms with Gasteiger partial charge in [0.2, 0.25) is 0 Å². The molecule has 0 radical (unpaired) electrons. The molecule has 0 unspecified atom stereocenters. The van der Waals surface area contributed by atoms with Crippen molar-refractivity contribution in [1.82, 2.24) is 19.9 Å². The number of aromatic nitrogens is 2. The van der Waals surface area contributed by atoms with Crippen molar-refractivity contribution in [1.29, 1.82) is 0 Å². The minimum atomic E-state index is -4.42. The number of carbonyl (C=O) groups is 1. The number of hydrogen-bond donors (Lipinski definition) is 0. The summed E-state index contributed by atoms with van der Waals surface area (Å²) in [6.07, 6.45) is -1.33. The second-order valence-electron chi connectivity index (χ2n) is 8.12. The van der Waals surface area contributed by atoms with Crippen LogP contribution in [0.1, 0.15) is 40.2 Å². The Balaban J connectivity index is 1.33. The number of nitrogens with zero attached hydrogens (tertiary/aromatic N) is 5. The van der Waals surface area contributed by atoms with Gasteiger partial charge >= 0.3 is 6.18 Å². The van der Waals surface area contributed by atoms with E-state index in [9.17, 15) is 18.0 Å². The monoisotopic (exact) mass is 437 g/mol. The van der Waals surface area contributed by atoms with Gasteiger partial charge in [-0.2, -0.15) is 13.2 Å². The molecule has 2 saturated heterocycles. The fraction of sp³-hybridized carbons (Fsp3) is 0.571. The van der Waals surface area contributed by atoms with Crippen molar-refractivity contribution in [3.8, 4) is 0 Å². The molecule has 31 heavy (non-hydrogen) atoms. The smallest absolute Gasteiger partial charge is 0.361 e. The van der Waals surface area contributed by atoms with Crippen molar-refractivity contribution in [3.05, 3.63) is 40.9 Å². The number of amides is 1. The van der Waals surface area contributed by atoms with E-state index in [1.165, 1.54) is 12.3 Å². The SMILES string of the molecule is Cc1noc(C)c1C(=O)N1CCC(N2CCN(c3ncccc3C(F)(F)F)CC2)CC1. The number of piperazine rings is 1. The Morgan fingerprint density at radius 1 is 1.10 bits per heavy atom. The maximum absolute atomic E-state index is 13.3. The molecule has 0 bridgehead atoms. The van der Waals surface area contributed by atoms with E-state index in [0.29, 0.717) is 62.3 Å². The van der Waals surface area contributed by atoms with Crippen molar-refractivity contribution in [3.63, 3.8) is 0 Å². The molecule has 0 atom stereocenters. The Kier molecular flexibility index (Phi) is 5.92. The van der Waals surface area contributed by atoms with E-state index in [2.05, 4.69) is 15.0 Å². The molecule has 2 aromatic heterocycles. The third-order valence-electron chi connectivity index (χ3n) is 6.22. The van der Waals surface area contributed by atoms with Crippen LogP contribution in [0.4, 0.5) is 19.0 Å². The highest BCUT2D eigenvalue weighted by Gasteiger charge is 2.37. The molecule has 0 spiro atoms. The molecule has 168 valence electrons. The lowest BCUT2D eigenvalue weighted by Gasteiger charge is -2.43. The predicted octanol–water partition coefficient (Wildman–Crippen LogP) is 3.13. The maximum Gasteiger partial charge on any atom is 0.419 e. The van der Waals surface area contributed by atoms with E-state index in [1.807, 2.05) is 4.90 Å². The van der Waals surface area contributed by atoms with Crippen LogP contribution >= 0.6 is 0 Å². The number of likely N-dealkylation sites (tertiary alicyclic amines) is 1. The summed E-state index contributed by atoms with van der Waals surface area (Å²) in [6, 6.07) is 2.72. The molecule has 0 aromatic carbocycles. The molecule has 1 amide bonds. The summed E-state index contributed by atoms with van der Waals surface area (Å²) in [5.74, 6) is 0.498. The zero-order valence-electron chi connectivity index (χ0n) is 17.7. The summed E-state index contributed by atoms with van der Waals surface area (Å²) < 4.78 is 45.0. The summed E-state index contributed by atoms with van der Waals surface area (Å²) in [7, 11) is 0. The van der Waals surface area contributed by atoms with E-state index >= 15 is 0 Å². The quantitative estimate of drug-likeness (QED) is 0.735. The van der Waals surface area contributed by atoms with Crippen molar-refractivity contribution >= 4 is 11.7 Å². The molecule has 0 aliphatic carbocycles. The van der Waals surface area contributed by atoms with Gasteiger partial charge in [-0.3, -0.25) is 9.69 Å². The lowest BCUT2D eigenvalue weighted by molar-refractivity contribution is -0.137. The number of aryl methyl sites for hydroxylation is 2. The van der Waals surface area contributed by atoms with Gasteiger partial charge in [-0.25, -0.2) is 4.98 Å². The van der Waals surface area contributed by atoms with Crippen LogP contribution < -0.4 is 4.90 Å². The number of anilines is 1. The van der Waals surface area contributed by atoms with E-state index < -0.39 is 11.7 Å². The molecule has 2 fully saturated rings. The molecule has 0 saturated carbocycles. The summed E-state index contributed by atoms with van der Waals surface area (Å²) in [5, 5.41) is 3.86. The Hall–Kier alpha value is -2.62. The van der Waals surface area contributed by atoms with E-state index in [0.717, 1.165) is 18.9 Å². The predicted molar refractivity (Wildman–Crippen MR) is 108 cm³/mol. The Morgan fingerprint density at radius 2 is 1.77 bits per heavy atom. The van der Waals surface area contributed by atoms with Crippen molar-refractivity contribution in [2.45, 2.75) is 38.9 Å². The summed E-state index contributed by atoms with van der Waals surface area (Å²) >= 11 is 0. The third-order valence-corrected chi connectivity index (χ3v) is 6.22. The molecule has 2 aliphatic heterocycles. The molecule has 2 aromatic rings. The van der Waals surface area contributed by atoms with Gasteiger partial charge in [0.05, 0.1) is 11.3 Å². The van der Waals surface area contributed by atoms with Crippen LogP contribution in [0.2, 0.25) is 0 Å². The lowest BCUT2D eigenvalue weighted by Crippen LogP contribution is -2.54. The van der Waals surface area contributed by atoms with Crippen LogP contribution in [-0.2, 0) is 6.18 Å². The fourth-order valence-electron chi connectivity index (χ4n) is 4.55. The first-order valence-corrected chi connectivity index (χ1v) is 10.5. The molecular formula is C21H26F3N5O2. The highest BCUT2D eigenvalue weighted by Crippen LogP contribution is 2.35. The summed E-state index contributed by atoms with van der Waals surface area (Å²) in [6.45, 7) is 7.15. The average molecular weight is 437 g/mol. The largest absolute Gasteiger partial charge is 0.419 e. The van der Waals surface area contributed by atoms with E-state index in [-0.39, 0.29) is 11.7 Å². The first-order chi connectivity index (χ1) is 14.8. The molecule has 4 rings (SSSR count). The Morgan fingerprint density at radius 3 is 2.35 bits per heavy atom. The zero-order valence-corrected chi connectivity index (χ0v) is 17.7. The minimum Gasteiger partial charge on any atom is -0.361 e. The van der Waals surface area contributed by atoms with Gasteiger partial charge in [-0.1, -0.05) is 5.16 Å². The van der Waals surface area contributed by atoms with Crippen molar-refractivity contribution < 1.29 is 22.5 Å². The highest BCUT2D eigenvalue weighted by atomic mass is 19.4. The van der Waals surface area contributed by atoms with Gasteiger partial charge in [-0.05, 0) is 38.8 Å². The number of rotatable bonds is 3. The third kappa shape index (κ3) is 4.39. The van der Waals surface area contributed by atoms with Gasteiger partial charge in [0.1, 0.15) is 17.1 Å². The zero-order chi connectivity index (χ0) is 22.2. The number of alkyl halides is 3. The van der Waals surface area contributed by atoms with Gasteiger partial charge in [-0.15, -0.1) is 0 Å². The van der Waals surface area contributed by atoms with Gasteiger partial charge in [0, 0.05) is 51.5 Å². The molecular weight excluding hydrogens is 411 g/mol. The summed E-state index contributed by atoms with van der Waals surface area (Å²) in [5.41, 5.74) is 0.464. The second kappa shape index (κ2) is 8.49. The van der Waals surface area contributed by atoms with Gasteiger partial charge < -0.3 is 14.3 Å². The van der Waals surface area contributed by atoms with Gasteiger partial charge in [0.15, 0.2) is 0 Å². The van der Waals surface area contributed by atoms with Crippen LogP contribution in [0.15, 0.2) is 22.9 Å². The van der Waals surface area contributed by atoms with Crippen molar-refractivity contribution in [2.24, 2.45) is 0 Å². The number of piperidine rings is 1. The van der Waals surface area contributed by atoms with Crippen LogP contribution in [0.5, 0.6) is 0 Å². The number of halogens is 3. The number of hydrogen-bond acceptors (Lipinski definition) is 6. The maximum atomic E-state index is 13.3. The van der Waals surface area contributed by atoms with E-state index in [4.69, 9.17) is 4.52 Å². The number of carbonyl (C=O) groups excluding carboxylic acids is 1. The minimum absolute atomic E-state index is 0.00882. The summed E-state index contributed by atoms with van der Waals surface area (Å²) in [4.78, 5) is 22.7. The second-order valence-corrected chi connectivity index (χ2v) is 8.12. The normalized spacial score (nSPS) is 19.1. The molecule has 2 aliphatic rings. The van der Waals surface area contributed by atoms with Crippen LogP contribution in [0, 0.1) is 13.8 Å². The first-order valence-electron chi connectivity index (χ1n) is 10.5. The fourth-order valence-corrected chi connectivity index (χ4v) is 4.55. The van der Waals surface area contributed by atoms with Crippen LogP contribution in [0.3, 0.4) is 0 Å². The van der Waals surface area contributed by atoms with Crippen LogP contribution in [-0.4, -0.2) is 71.2 Å². The Labute approximate surface area is 178 Å². The molecule has 0 N–H and O–H groups in total. The van der Waals surface area contributed by atoms with Crippen molar-refractivity contribution in [2.75, 3.05) is 44.2 Å². The van der Waals surface area contributed by atoms with E-state index in [1.54, 1.807) is 18.7 Å². The topological polar surface area (TPSA) is 65.7 Å². The first kappa shape index (κ1) is 21.6. The standard InChI is InChI=1S/C21H26F3N5O2/c1-14-18(15(2)31-26-14)20(30)29-8-5-16(6-9-29)27-10-12-28(13-11-27)19-17(21(22,23)24)4-3-7-25-19/h3-4,7,16H,5-6,8-13H2,1-2H3.